The molecule has 2 aromatic carbocycles. The maximum Gasteiger partial charge on any atom is 0.243 e. The van der Waals surface area contributed by atoms with E-state index < -0.39 is 5.91 Å². The minimum atomic E-state index is -0.416. The van der Waals surface area contributed by atoms with E-state index in [0.29, 0.717) is 37.6 Å². The lowest BCUT2D eigenvalue weighted by molar-refractivity contribution is -0.129. The van der Waals surface area contributed by atoms with Crippen LogP contribution in [0.2, 0.25) is 0 Å². The van der Waals surface area contributed by atoms with Gasteiger partial charge in [0.1, 0.15) is 40.6 Å². The van der Waals surface area contributed by atoms with Gasteiger partial charge in [0.05, 0.1) is 6.61 Å². The highest BCUT2D eigenvalue weighted by Gasteiger charge is 2.14. The first-order valence-electron chi connectivity index (χ1n) is 12.4. The second-order valence-corrected chi connectivity index (χ2v) is 8.91. The number of nitrogens with zero attached hydrogens (tertiary/aromatic N) is 1. The number of hydrogen-bond donors (Lipinski definition) is 3. The molecule has 1 amide bonds. The van der Waals surface area contributed by atoms with Crippen molar-refractivity contribution >= 4 is 16.9 Å². The highest BCUT2D eigenvalue weighted by Crippen LogP contribution is 2.31. The van der Waals surface area contributed by atoms with Crippen LogP contribution in [0, 0.1) is 0 Å². The van der Waals surface area contributed by atoms with Gasteiger partial charge in [-0.2, -0.15) is 0 Å². The zero-order valence-corrected chi connectivity index (χ0v) is 20.2. The molecule has 1 aliphatic rings. The number of phenols is 1. The fraction of sp³-hybridized carbons (Fsp3) is 0.407. The van der Waals surface area contributed by atoms with Gasteiger partial charge in [-0.15, -0.1) is 0 Å². The number of phenolic OH excluding ortho intramolecular Hbond substituents is 1. The Labute approximate surface area is 209 Å². The average Bonchev–Trinajstić information content (AvgIpc) is 3.39. The van der Waals surface area contributed by atoms with E-state index in [2.05, 4.69) is 4.90 Å². The Morgan fingerprint density at radius 1 is 0.972 bits per heavy atom. The molecular weight excluding hydrogens is 464 g/mol. The van der Waals surface area contributed by atoms with E-state index in [1.54, 1.807) is 11.5 Å². The molecule has 1 fully saturated rings. The number of unbranched alkanes of at least 4 members (excludes halogenated alkanes) is 2. The molecule has 0 unspecified atom stereocenters. The van der Waals surface area contributed by atoms with Crippen molar-refractivity contribution < 1.29 is 29.0 Å². The maximum atomic E-state index is 12.7. The molecule has 1 aliphatic heterocycles. The summed E-state index contributed by atoms with van der Waals surface area (Å²) in [6.45, 7) is 4.18. The van der Waals surface area contributed by atoms with E-state index in [1.807, 2.05) is 24.3 Å². The van der Waals surface area contributed by atoms with Crippen LogP contribution < -0.4 is 20.4 Å². The van der Waals surface area contributed by atoms with E-state index in [4.69, 9.17) is 19.1 Å². The summed E-state index contributed by atoms with van der Waals surface area (Å²) in [6.07, 6.45) is 4.80. The Balaban J connectivity index is 1.39. The van der Waals surface area contributed by atoms with Crippen LogP contribution in [0.25, 0.3) is 22.3 Å². The summed E-state index contributed by atoms with van der Waals surface area (Å²) < 4.78 is 17.5. The van der Waals surface area contributed by atoms with Gasteiger partial charge in [-0.05, 0) is 69.5 Å². The van der Waals surface area contributed by atoms with E-state index >= 15 is 0 Å². The summed E-state index contributed by atoms with van der Waals surface area (Å²) in [5.74, 6) is 0.904. The van der Waals surface area contributed by atoms with Crippen molar-refractivity contribution in [2.75, 3.05) is 32.8 Å². The lowest BCUT2D eigenvalue weighted by Crippen LogP contribution is -2.25. The van der Waals surface area contributed by atoms with Crippen LogP contribution in [0.15, 0.2) is 51.7 Å². The zero-order chi connectivity index (χ0) is 25.3. The molecule has 4 rings (SSSR count). The molecule has 1 saturated heterocycles. The SMILES string of the molecule is O=C(CCCCCOc1cc(O)c2c(=O)cc(-c3ccc(OCCN4CCCC4)cc3)oc2c1)NO. The monoisotopic (exact) mass is 496 g/mol. The molecule has 0 spiro atoms. The number of fused-ring (bicyclic) bond motifs is 1. The predicted octanol–water partition coefficient (Wildman–Crippen LogP) is 4.08. The number of aromatic hydroxyl groups is 1. The summed E-state index contributed by atoms with van der Waals surface area (Å²) in [6, 6.07) is 11.7. The molecule has 3 aromatic rings. The number of amides is 1. The molecule has 0 radical (unpaired) electrons. The minimum Gasteiger partial charge on any atom is -0.507 e. The van der Waals surface area contributed by atoms with Crippen molar-refractivity contribution in [1.29, 1.82) is 0 Å². The van der Waals surface area contributed by atoms with Crippen molar-refractivity contribution in [1.82, 2.24) is 10.4 Å². The van der Waals surface area contributed by atoms with Gasteiger partial charge in [-0.1, -0.05) is 0 Å². The Kier molecular flexibility index (Phi) is 8.80. The number of carbonyl (C=O) groups excluding carboxylic acids is 1. The fourth-order valence-electron chi connectivity index (χ4n) is 4.29. The van der Waals surface area contributed by atoms with E-state index in [0.717, 1.165) is 37.4 Å². The summed E-state index contributed by atoms with van der Waals surface area (Å²) in [7, 11) is 0. The van der Waals surface area contributed by atoms with Crippen LogP contribution in [0.3, 0.4) is 0 Å². The van der Waals surface area contributed by atoms with Gasteiger partial charge >= 0.3 is 0 Å². The molecule has 1 aromatic heterocycles. The van der Waals surface area contributed by atoms with Crippen LogP contribution in [0.4, 0.5) is 0 Å². The molecule has 0 aliphatic carbocycles. The summed E-state index contributed by atoms with van der Waals surface area (Å²) in [5.41, 5.74) is 2.22. The Bertz CT molecular complexity index is 1220. The van der Waals surface area contributed by atoms with Gasteiger partial charge in [0.15, 0.2) is 5.43 Å². The fourth-order valence-corrected chi connectivity index (χ4v) is 4.29. The summed E-state index contributed by atoms with van der Waals surface area (Å²) >= 11 is 0. The first-order valence-corrected chi connectivity index (χ1v) is 12.4. The minimum absolute atomic E-state index is 0.1000. The third kappa shape index (κ3) is 6.77. The van der Waals surface area contributed by atoms with Crippen LogP contribution in [0.1, 0.15) is 38.5 Å². The zero-order valence-electron chi connectivity index (χ0n) is 20.2. The van der Waals surface area contributed by atoms with E-state index in [-0.39, 0.29) is 28.6 Å². The third-order valence-corrected chi connectivity index (χ3v) is 6.24. The second kappa shape index (κ2) is 12.4. The topological polar surface area (TPSA) is 121 Å². The van der Waals surface area contributed by atoms with Crippen molar-refractivity contribution in [2.45, 2.75) is 38.5 Å². The summed E-state index contributed by atoms with van der Waals surface area (Å²) in [5, 5.41) is 19.0. The number of benzene rings is 2. The average molecular weight is 497 g/mol. The summed E-state index contributed by atoms with van der Waals surface area (Å²) in [4.78, 5) is 26.1. The van der Waals surface area contributed by atoms with Gasteiger partial charge in [-0.25, -0.2) is 5.48 Å². The van der Waals surface area contributed by atoms with Crippen LogP contribution in [-0.4, -0.2) is 54.0 Å². The van der Waals surface area contributed by atoms with Crippen LogP contribution >= 0.6 is 0 Å². The number of carbonyl (C=O) groups is 1. The van der Waals surface area contributed by atoms with Crippen LogP contribution in [-0.2, 0) is 4.79 Å². The van der Waals surface area contributed by atoms with Crippen molar-refractivity contribution in [3.8, 4) is 28.6 Å². The molecule has 36 heavy (non-hydrogen) atoms. The van der Waals surface area contributed by atoms with Gasteiger partial charge < -0.3 is 19.0 Å². The third-order valence-electron chi connectivity index (χ3n) is 6.24. The van der Waals surface area contributed by atoms with Crippen molar-refractivity contribution in [3.63, 3.8) is 0 Å². The Hall–Kier alpha value is -3.56. The second-order valence-electron chi connectivity index (χ2n) is 8.91. The molecule has 2 heterocycles. The smallest absolute Gasteiger partial charge is 0.243 e. The highest BCUT2D eigenvalue weighted by atomic mass is 16.5. The predicted molar refractivity (Wildman–Crippen MR) is 135 cm³/mol. The lowest BCUT2D eigenvalue weighted by Gasteiger charge is -2.15. The number of likely N-dealkylation sites (tertiary alicyclic amines) is 1. The number of hydrogen-bond acceptors (Lipinski definition) is 8. The lowest BCUT2D eigenvalue weighted by atomic mass is 10.1. The molecule has 0 atom stereocenters. The van der Waals surface area contributed by atoms with Crippen molar-refractivity contribution in [2.24, 2.45) is 0 Å². The number of ether oxygens (including phenoxy) is 2. The molecule has 0 bridgehead atoms. The standard InChI is InChI=1S/C27H32N2O7/c30-22-16-21(34-14-5-1-2-6-26(32)28-33)17-25-27(22)23(31)18-24(36-25)19-7-9-20(10-8-19)35-15-13-29-11-3-4-12-29/h7-10,16-18,30,33H,1-6,11-15H2,(H,28,32). The van der Waals surface area contributed by atoms with E-state index in [1.165, 1.54) is 25.0 Å². The quantitative estimate of drug-likeness (QED) is 0.195. The first-order chi connectivity index (χ1) is 17.5. The van der Waals surface area contributed by atoms with Gasteiger partial charge in [0.25, 0.3) is 0 Å². The van der Waals surface area contributed by atoms with Gasteiger partial charge in [0.2, 0.25) is 5.91 Å². The maximum absolute atomic E-state index is 12.7. The largest absolute Gasteiger partial charge is 0.507 e. The normalized spacial score (nSPS) is 13.7. The first kappa shape index (κ1) is 25.5. The van der Waals surface area contributed by atoms with Gasteiger partial charge in [-0.3, -0.25) is 19.7 Å². The number of nitrogens with one attached hydrogen (secondary N) is 1. The van der Waals surface area contributed by atoms with E-state index in [9.17, 15) is 14.7 Å². The van der Waals surface area contributed by atoms with Crippen LogP contribution in [0.5, 0.6) is 17.2 Å². The van der Waals surface area contributed by atoms with Gasteiger partial charge in [0, 0.05) is 36.7 Å². The highest BCUT2D eigenvalue weighted by molar-refractivity contribution is 5.86. The van der Waals surface area contributed by atoms with Crippen molar-refractivity contribution in [3.05, 3.63) is 52.7 Å². The molecule has 3 N–H and O–H groups in total. The number of hydroxylamine groups is 1. The Morgan fingerprint density at radius 2 is 1.72 bits per heavy atom. The molecule has 9 heteroatoms. The molecular formula is C27H32N2O7. The Morgan fingerprint density at radius 3 is 2.47 bits per heavy atom. The molecule has 0 saturated carbocycles. The number of rotatable bonds is 12. The molecule has 192 valence electrons. The molecule has 9 nitrogen and oxygen atoms in total.